The molecule has 0 fully saturated rings. The zero-order valence-corrected chi connectivity index (χ0v) is 15.4. The highest BCUT2D eigenvalue weighted by atomic mass is 79.9. The van der Waals surface area contributed by atoms with Crippen LogP contribution in [0.25, 0.3) is 0 Å². The molecule has 2 N–H and O–H groups in total. The minimum absolute atomic E-state index is 0.0300. The molecule has 0 bridgehead atoms. The average molecular weight is 456 g/mol. The van der Waals surface area contributed by atoms with Crippen LogP contribution in [0.15, 0.2) is 50.4 Å². The van der Waals surface area contributed by atoms with E-state index in [0.717, 1.165) is 4.47 Å². The lowest BCUT2D eigenvalue weighted by molar-refractivity contribution is -0.130. The zero-order chi connectivity index (χ0) is 17.1. The molecule has 0 radical (unpaired) electrons. The molecule has 0 spiro atoms. The first-order valence-electron chi connectivity index (χ1n) is 6.94. The van der Waals surface area contributed by atoms with E-state index in [2.05, 4.69) is 42.4 Å². The maximum atomic E-state index is 12.1. The number of carbonyl (C=O) groups excluding carboxylic acids is 1. The van der Waals surface area contributed by atoms with E-state index in [1.807, 2.05) is 6.07 Å². The number of phenols is 1. The van der Waals surface area contributed by atoms with E-state index in [4.69, 9.17) is 9.47 Å². The number of hydrogen-bond acceptors (Lipinski definition) is 5. The Balaban J connectivity index is 1.64. The van der Waals surface area contributed by atoms with Crippen molar-refractivity contribution in [2.24, 2.45) is 5.10 Å². The summed E-state index contributed by atoms with van der Waals surface area (Å²) in [6.07, 6.45) is 0.556. The van der Waals surface area contributed by atoms with E-state index < -0.39 is 12.0 Å². The first kappa shape index (κ1) is 16.8. The predicted molar refractivity (Wildman–Crippen MR) is 95.6 cm³/mol. The van der Waals surface area contributed by atoms with Crippen molar-refractivity contribution in [1.29, 1.82) is 0 Å². The monoisotopic (exact) mass is 454 g/mol. The number of fused-ring (bicyclic) bond motifs is 1. The van der Waals surface area contributed by atoms with Crippen molar-refractivity contribution in [3.8, 4) is 17.2 Å². The Bertz CT molecular complexity index is 811. The van der Waals surface area contributed by atoms with Gasteiger partial charge >= 0.3 is 0 Å². The molecule has 124 valence electrons. The largest absolute Gasteiger partial charge is 0.506 e. The molecule has 1 atom stereocenters. The normalized spacial score (nSPS) is 16.2. The Labute approximate surface area is 154 Å². The van der Waals surface area contributed by atoms with Crippen molar-refractivity contribution >= 4 is 44.0 Å². The molecular weight excluding hydrogens is 444 g/mol. The second-order valence-electron chi connectivity index (χ2n) is 4.92. The molecule has 1 unspecified atom stereocenters. The minimum atomic E-state index is -0.792. The Morgan fingerprint density at radius 2 is 2.04 bits per heavy atom. The molecule has 1 aliphatic heterocycles. The fourth-order valence-corrected chi connectivity index (χ4v) is 3.33. The molecule has 0 saturated carbocycles. The molecule has 2 aromatic carbocycles. The summed E-state index contributed by atoms with van der Waals surface area (Å²) in [7, 11) is 0. The Kier molecular flexibility index (Phi) is 5.06. The number of hydrogen-bond donors (Lipinski definition) is 2. The van der Waals surface area contributed by atoms with Crippen LogP contribution in [0.4, 0.5) is 0 Å². The van der Waals surface area contributed by atoms with E-state index in [1.54, 1.807) is 30.3 Å². The van der Waals surface area contributed by atoms with Crippen molar-refractivity contribution in [3.63, 3.8) is 0 Å². The molecule has 0 aliphatic carbocycles. The summed E-state index contributed by atoms with van der Waals surface area (Å²) >= 11 is 6.55. The van der Waals surface area contributed by atoms with Crippen LogP contribution in [0.3, 0.4) is 0 Å². The highest BCUT2D eigenvalue weighted by molar-refractivity contribution is 9.11. The van der Waals surface area contributed by atoms with Crippen molar-refractivity contribution in [2.45, 2.75) is 6.10 Å². The zero-order valence-electron chi connectivity index (χ0n) is 12.2. The Morgan fingerprint density at radius 1 is 1.29 bits per heavy atom. The summed E-state index contributed by atoms with van der Waals surface area (Å²) in [4.78, 5) is 12.1. The molecule has 6 nitrogen and oxygen atoms in total. The highest BCUT2D eigenvalue weighted by Crippen LogP contribution is 2.31. The molecule has 0 aromatic heterocycles. The number of rotatable bonds is 3. The fourth-order valence-electron chi connectivity index (χ4n) is 2.07. The summed E-state index contributed by atoms with van der Waals surface area (Å²) in [5.74, 6) is 0.715. The predicted octanol–water partition coefficient (Wildman–Crippen LogP) is 3.21. The minimum Gasteiger partial charge on any atom is -0.506 e. The maximum absolute atomic E-state index is 12.1. The van der Waals surface area contributed by atoms with Crippen LogP contribution >= 0.6 is 31.9 Å². The molecule has 24 heavy (non-hydrogen) atoms. The van der Waals surface area contributed by atoms with Crippen LogP contribution in [-0.2, 0) is 4.79 Å². The molecule has 1 amide bonds. The molecular formula is C16H12Br2N2O4. The molecule has 8 heteroatoms. The van der Waals surface area contributed by atoms with Crippen LogP contribution < -0.4 is 14.9 Å². The van der Waals surface area contributed by atoms with Gasteiger partial charge in [-0.15, -0.1) is 0 Å². The first-order chi connectivity index (χ1) is 11.5. The van der Waals surface area contributed by atoms with Crippen molar-refractivity contribution < 1.29 is 19.4 Å². The number of amides is 1. The van der Waals surface area contributed by atoms with E-state index in [0.29, 0.717) is 21.5 Å². The van der Waals surface area contributed by atoms with Gasteiger partial charge in [0.25, 0.3) is 5.91 Å². The van der Waals surface area contributed by atoms with Crippen molar-refractivity contribution in [2.75, 3.05) is 6.61 Å². The van der Waals surface area contributed by atoms with Crippen LogP contribution in [0.5, 0.6) is 17.2 Å². The van der Waals surface area contributed by atoms with E-state index >= 15 is 0 Å². The third-order valence-corrected chi connectivity index (χ3v) is 4.30. The summed E-state index contributed by atoms with van der Waals surface area (Å²) < 4.78 is 12.3. The molecule has 1 aliphatic rings. The summed E-state index contributed by atoms with van der Waals surface area (Å²) in [5.41, 5.74) is 2.83. The van der Waals surface area contributed by atoms with Gasteiger partial charge in [-0.05, 0) is 40.2 Å². The second-order valence-corrected chi connectivity index (χ2v) is 6.69. The summed E-state index contributed by atoms with van der Waals surface area (Å²) in [6, 6.07) is 10.5. The smallest absolute Gasteiger partial charge is 0.284 e. The topological polar surface area (TPSA) is 80.2 Å². The Morgan fingerprint density at radius 3 is 2.83 bits per heavy atom. The van der Waals surface area contributed by atoms with Gasteiger partial charge in [-0.2, -0.15) is 5.10 Å². The third kappa shape index (κ3) is 3.70. The number of nitrogens with one attached hydrogen (secondary N) is 1. The van der Waals surface area contributed by atoms with Gasteiger partial charge in [0, 0.05) is 10.0 Å². The van der Waals surface area contributed by atoms with Gasteiger partial charge in [-0.3, -0.25) is 4.79 Å². The molecule has 1 heterocycles. The van der Waals surface area contributed by atoms with Crippen LogP contribution in [0.1, 0.15) is 5.56 Å². The number of para-hydroxylation sites is 2. The number of phenolic OH excluding ortho intramolecular Hbond substituents is 1. The number of ether oxygens (including phenoxy) is 2. The van der Waals surface area contributed by atoms with E-state index in [-0.39, 0.29) is 12.4 Å². The molecule has 0 saturated heterocycles. The average Bonchev–Trinajstić information content (AvgIpc) is 2.58. The molecule has 3 rings (SSSR count). The first-order valence-corrected chi connectivity index (χ1v) is 8.52. The highest BCUT2D eigenvalue weighted by Gasteiger charge is 2.27. The SMILES string of the molecule is O=C(N/N=C\c1cc(Br)cc(Br)c1O)C1COc2ccccc2O1. The number of benzene rings is 2. The fraction of sp³-hybridized carbons (Fsp3) is 0.125. The van der Waals surface area contributed by atoms with Gasteiger partial charge in [0.1, 0.15) is 12.4 Å². The van der Waals surface area contributed by atoms with E-state index in [1.165, 1.54) is 6.21 Å². The standard InChI is InChI=1S/C16H12Br2N2O4/c17-10-5-9(15(21)11(18)6-10)7-19-20-16(22)14-8-23-12-3-1-2-4-13(12)24-14/h1-7,14,21H,8H2,(H,20,22)/b19-7-. The lowest BCUT2D eigenvalue weighted by Crippen LogP contribution is -2.42. The van der Waals surface area contributed by atoms with Gasteiger partial charge in [0.2, 0.25) is 6.10 Å². The van der Waals surface area contributed by atoms with Gasteiger partial charge in [-0.25, -0.2) is 5.43 Å². The van der Waals surface area contributed by atoms with Crippen LogP contribution in [0, 0.1) is 0 Å². The van der Waals surface area contributed by atoms with Crippen LogP contribution in [-0.4, -0.2) is 29.9 Å². The third-order valence-electron chi connectivity index (χ3n) is 3.24. The Hall–Kier alpha value is -2.06. The molecule has 2 aromatic rings. The lowest BCUT2D eigenvalue weighted by atomic mass is 10.2. The quantitative estimate of drug-likeness (QED) is 0.550. The van der Waals surface area contributed by atoms with E-state index in [9.17, 15) is 9.90 Å². The number of nitrogens with zero attached hydrogens (tertiary/aromatic N) is 1. The van der Waals surface area contributed by atoms with Crippen molar-refractivity contribution in [3.05, 3.63) is 50.9 Å². The lowest BCUT2D eigenvalue weighted by Gasteiger charge is -2.24. The number of carbonyl (C=O) groups is 1. The summed E-state index contributed by atoms with van der Waals surface area (Å²) in [6.45, 7) is 0.103. The second kappa shape index (κ2) is 7.23. The van der Waals surface area contributed by atoms with Crippen molar-refractivity contribution in [1.82, 2.24) is 5.43 Å². The van der Waals surface area contributed by atoms with Gasteiger partial charge in [-0.1, -0.05) is 28.1 Å². The number of aromatic hydroxyl groups is 1. The number of halogens is 2. The van der Waals surface area contributed by atoms with Gasteiger partial charge in [0.05, 0.1) is 10.7 Å². The summed E-state index contributed by atoms with van der Waals surface area (Å²) in [5, 5.41) is 13.8. The number of hydrazone groups is 1. The van der Waals surface area contributed by atoms with Crippen LogP contribution in [0.2, 0.25) is 0 Å². The van der Waals surface area contributed by atoms with Gasteiger partial charge < -0.3 is 14.6 Å². The van der Waals surface area contributed by atoms with Gasteiger partial charge in [0.15, 0.2) is 11.5 Å². The maximum Gasteiger partial charge on any atom is 0.284 e.